The van der Waals surface area contributed by atoms with Crippen LogP contribution in [0.15, 0.2) is 60.7 Å². The molecular formula is C25H16F4O. The molecule has 3 rings (SSSR count). The molecule has 0 atom stereocenters. The summed E-state index contributed by atoms with van der Waals surface area (Å²) in [6.07, 6.45) is -4.75. The van der Waals surface area contributed by atoms with Crippen LogP contribution in [0, 0.1) is 43.3 Å². The van der Waals surface area contributed by atoms with Crippen molar-refractivity contribution < 1.29 is 22.3 Å². The Morgan fingerprint density at radius 3 is 1.87 bits per heavy atom. The zero-order valence-electron chi connectivity index (χ0n) is 16.2. The number of halogens is 4. The van der Waals surface area contributed by atoms with Crippen LogP contribution < -0.4 is 4.74 Å². The average molecular weight is 408 g/mol. The minimum Gasteiger partial charge on any atom is -0.405 e. The zero-order chi connectivity index (χ0) is 21.7. The van der Waals surface area contributed by atoms with Gasteiger partial charge in [0.25, 0.3) is 0 Å². The van der Waals surface area contributed by atoms with Crippen molar-refractivity contribution >= 4 is 0 Å². The fraction of sp³-hybridized carbons (Fsp3) is 0.120. The number of benzene rings is 3. The SMILES string of the molecule is Cc1ccc(C#Cc2ccc(C#Cc3ccc(C)c(OC(F)(F)F)c3)cc2)c(F)c1. The first-order valence-electron chi connectivity index (χ1n) is 8.96. The molecule has 0 heterocycles. The highest BCUT2D eigenvalue weighted by molar-refractivity contribution is 5.50. The van der Waals surface area contributed by atoms with E-state index in [4.69, 9.17) is 0 Å². The van der Waals surface area contributed by atoms with Crippen molar-refractivity contribution in [3.8, 4) is 29.4 Å². The van der Waals surface area contributed by atoms with Crippen molar-refractivity contribution in [1.82, 2.24) is 0 Å². The van der Waals surface area contributed by atoms with Crippen molar-refractivity contribution in [3.63, 3.8) is 0 Å². The van der Waals surface area contributed by atoms with E-state index in [1.165, 1.54) is 25.1 Å². The Morgan fingerprint density at radius 2 is 1.27 bits per heavy atom. The van der Waals surface area contributed by atoms with Crippen LogP contribution in [0.3, 0.4) is 0 Å². The normalized spacial score (nSPS) is 10.5. The third-order valence-electron chi connectivity index (χ3n) is 4.12. The molecule has 0 aliphatic heterocycles. The van der Waals surface area contributed by atoms with E-state index in [0.29, 0.717) is 27.8 Å². The maximum atomic E-state index is 13.8. The van der Waals surface area contributed by atoms with Gasteiger partial charge in [-0.2, -0.15) is 0 Å². The second-order valence-electron chi connectivity index (χ2n) is 6.59. The Hall–Kier alpha value is -3.70. The number of ether oxygens (including phenoxy) is 1. The lowest BCUT2D eigenvalue weighted by atomic mass is 10.1. The number of alkyl halides is 3. The second kappa shape index (κ2) is 8.76. The Labute approximate surface area is 172 Å². The van der Waals surface area contributed by atoms with E-state index in [-0.39, 0.29) is 11.6 Å². The third-order valence-corrected chi connectivity index (χ3v) is 4.12. The van der Waals surface area contributed by atoms with E-state index in [0.717, 1.165) is 5.56 Å². The van der Waals surface area contributed by atoms with E-state index < -0.39 is 6.36 Å². The molecule has 0 bridgehead atoms. The van der Waals surface area contributed by atoms with Gasteiger partial charge in [0.15, 0.2) is 0 Å². The van der Waals surface area contributed by atoms with Crippen LogP contribution in [-0.2, 0) is 0 Å². The smallest absolute Gasteiger partial charge is 0.405 e. The van der Waals surface area contributed by atoms with Crippen LogP contribution in [0.25, 0.3) is 0 Å². The summed E-state index contributed by atoms with van der Waals surface area (Å²) in [6, 6.07) is 16.2. The molecule has 3 aromatic carbocycles. The fourth-order valence-corrected chi connectivity index (χ4v) is 2.55. The average Bonchev–Trinajstić information content (AvgIpc) is 2.68. The summed E-state index contributed by atoms with van der Waals surface area (Å²) in [5, 5.41) is 0. The van der Waals surface area contributed by atoms with Gasteiger partial charge >= 0.3 is 6.36 Å². The van der Waals surface area contributed by atoms with Gasteiger partial charge in [0.05, 0.1) is 5.56 Å². The van der Waals surface area contributed by atoms with E-state index in [2.05, 4.69) is 28.4 Å². The van der Waals surface area contributed by atoms with Gasteiger partial charge in [-0.05, 0) is 73.5 Å². The first-order valence-corrected chi connectivity index (χ1v) is 8.96. The molecule has 3 aromatic rings. The summed E-state index contributed by atoms with van der Waals surface area (Å²) < 4.78 is 55.2. The minimum atomic E-state index is -4.75. The van der Waals surface area contributed by atoms with Gasteiger partial charge in [-0.15, -0.1) is 13.2 Å². The first kappa shape index (κ1) is 21.0. The molecule has 0 radical (unpaired) electrons. The summed E-state index contributed by atoms with van der Waals surface area (Å²) in [5.41, 5.74) is 3.27. The summed E-state index contributed by atoms with van der Waals surface area (Å²) in [6.45, 7) is 3.33. The predicted octanol–water partition coefficient (Wildman–Crippen LogP) is 6.14. The Kier molecular flexibility index (Phi) is 6.14. The summed E-state index contributed by atoms with van der Waals surface area (Å²) in [4.78, 5) is 0. The molecule has 150 valence electrons. The number of rotatable bonds is 1. The van der Waals surface area contributed by atoms with E-state index in [1.807, 2.05) is 0 Å². The molecule has 0 fully saturated rings. The lowest BCUT2D eigenvalue weighted by Gasteiger charge is -2.11. The molecule has 0 saturated heterocycles. The van der Waals surface area contributed by atoms with Crippen molar-refractivity contribution in [1.29, 1.82) is 0 Å². The van der Waals surface area contributed by atoms with E-state index in [1.54, 1.807) is 49.4 Å². The minimum absolute atomic E-state index is 0.275. The van der Waals surface area contributed by atoms with Gasteiger partial charge in [-0.25, -0.2) is 4.39 Å². The maximum absolute atomic E-state index is 13.8. The molecule has 1 nitrogen and oxygen atoms in total. The van der Waals surface area contributed by atoms with Crippen LogP contribution >= 0.6 is 0 Å². The van der Waals surface area contributed by atoms with Crippen molar-refractivity contribution in [3.05, 3.63) is 99.9 Å². The van der Waals surface area contributed by atoms with Crippen molar-refractivity contribution in [2.45, 2.75) is 20.2 Å². The lowest BCUT2D eigenvalue weighted by Crippen LogP contribution is -2.17. The molecule has 0 amide bonds. The Balaban J connectivity index is 1.75. The van der Waals surface area contributed by atoms with Crippen LogP contribution in [0.4, 0.5) is 17.6 Å². The first-order chi connectivity index (χ1) is 14.2. The van der Waals surface area contributed by atoms with Crippen LogP contribution in [0.5, 0.6) is 5.75 Å². The van der Waals surface area contributed by atoms with Crippen LogP contribution in [0.2, 0.25) is 0 Å². The van der Waals surface area contributed by atoms with Crippen LogP contribution in [-0.4, -0.2) is 6.36 Å². The monoisotopic (exact) mass is 408 g/mol. The lowest BCUT2D eigenvalue weighted by molar-refractivity contribution is -0.274. The Morgan fingerprint density at radius 1 is 0.700 bits per heavy atom. The quantitative estimate of drug-likeness (QED) is 0.347. The standard InChI is InChI=1S/C25H16F4O/c1-17-3-13-22(23(26)15-17)14-12-20-8-6-19(7-9-20)10-11-21-5-4-18(2)24(16-21)30-25(27,28)29/h3-9,13,15-16H,1-2H3. The molecule has 0 spiro atoms. The highest BCUT2D eigenvalue weighted by atomic mass is 19.4. The summed E-state index contributed by atoms with van der Waals surface area (Å²) >= 11 is 0. The summed E-state index contributed by atoms with van der Waals surface area (Å²) in [5.74, 6) is 10.8. The summed E-state index contributed by atoms with van der Waals surface area (Å²) in [7, 11) is 0. The molecule has 5 heteroatoms. The zero-order valence-corrected chi connectivity index (χ0v) is 16.2. The molecule has 0 saturated carbocycles. The van der Waals surface area contributed by atoms with Gasteiger partial charge in [-0.3, -0.25) is 0 Å². The molecule has 0 aliphatic rings. The van der Waals surface area contributed by atoms with Crippen molar-refractivity contribution in [2.75, 3.05) is 0 Å². The van der Waals surface area contributed by atoms with E-state index >= 15 is 0 Å². The number of hydrogen-bond acceptors (Lipinski definition) is 1. The number of hydrogen-bond donors (Lipinski definition) is 0. The maximum Gasteiger partial charge on any atom is 0.573 e. The Bertz CT molecular complexity index is 1180. The molecular weight excluding hydrogens is 392 g/mol. The van der Waals surface area contributed by atoms with E-state index in [9.17, 15) is 17.6 Å². The molecule has 30 heavy (non-hydrogen) atoms. The molecule has 0 N–H and O–H groups in total. The van der Waals surface area contributed by atoms with Crippen molar-refractivity contribution in [2.24, 2.45) is 0 Å². The highest BCUT2D eigenvalue weighted by Gasteiger charge is 2.31. The van der Waals surface area contributed by atoms with Gasteiger partial charge in [0.1, 0.15) is 11.6 Å². The number of aryl methyl sites for hydroxylation is 2. The largest absolute Gasteiger partial charge is 0.573 e. The molecule has 0 aromatic heterocycles. The highest BCUT2D eigenvalue weighted by Crippen LogP contribution is 2.26. The topological polar surface area (TPSA) is 9.23 Å². The van der Waals surface area contributed by atoms with Gasteiger partial charge < -0.3 is 4.74 Å². The fourth-order valence-electron chi connectivity index (χ4n) is 2.55. The van der Waals surface area contributed by atoms with Gasteiger partial charge in [-0.1, -0.05) is 35.8 Å². The third kappa shape index (κ3) is 5.90. The van der Waals surface area contributed by atoms with Crippen LogP contribution in [0.1, 0.15) is 33.4 Å². The van der Waals surface area contributed by atoms with Gasteiger partial charge in [0.2, 0.25) is 0 Å². The molecule has 0 unspecified atom stereocenters. The predicted molar refractivity (Wildman–Crippen MR) is 107 cm³/mol. The molecule has 0 aliphatic carbocycles. The van der Waals surface area contributed by atoms with Gasteiger partial charge in [0, 0.05) is 16.7 Å². The second-order valence-corrected chi connectivity index (χ2v) is 6.59.